The van der Waals surface area contributed by atoms with Gasteiger partial charge < -0.3 is 15.3 Å². The SMILES string of the molecule is C/C=C/c1cc2c(O)c(c1)/C=N/C1CCCCC1/N=C/c1cc(/C=C/C)cc(c1O)/C=N/C1CCCCC1/N=C/c1cc(/C=C/C)cc(c1O)/C=N/C(C)CCCCC/N=C/2. The van der Waals surface area contributed by atoms with Gasteiger partial charge >= 0.3 is 0 Å². The molecule has 320 valence electrons. The maximum atomic E-state index is 11.6. The van der Waals surface area contributed by atoms with E-state index in [9.17, 15) is 15.3 Å². The number of hydrogen-bond acceptors (Lipinski definition) is 9. The van der Waals surface area contributed by atoms with Gasteiger partial charge in [0.2, 0.25) is 0 Å². The summed E-state index contributed by atoms with van der Waals surface area (Å²) in [5.41, 5.74) is 6.78. The minimum absolute atomic E-state index is 0.0605. The van der Waals surface area contributed by atoms with Crippen LogP contribution in [0.4, 0.5) is 0 Å². The van der Waals surface area contributed by atoms with Crippen LogP contribution in [0.5, 0.6) is 17.2 Å². The van der Waals surface area contributed by atoms with E-state index in [-0.39, 0.29) is 47.5 Å². The lowest BCUT2D eigenvalue weighted by Gasteiger charge is -2.26. The number of nitrogens with zero attached hydrogens (tertiary/aromatic N) is 6. The molecular weight excluding hydrogens is 757 g/mol. The van der Waals surface area contributed by atoms with Crippen molar-refractivity contribution in [3.8, 4) is 17.2 Å². The van der Waals surface area contributed by atoms with Gasteiger partial charge in [-0.25, -0.2) is 0 Å². The van der Waals surface area contributed by atoms with Gasteiger partial charge in [0.25, 0.3) is 0 Å². The highest BCUT2D eigenvalue weighted by atomic mass is 16.3. The average molecular weight is 821 g/mol. The number of aliphatic imine (C=N–C) groups is 6. The first-order valence-electron chi connectivity index (χ1n) is 22.4. The number of allylic oxidation sites excluding steroid dienone is 3. The molecule has 5 unspecified atom stereocenters. The Morgan fingerprint density at radius 1 is 0.410 bits per heavy atom. The highest BCUT2D eigenvalue weighted by Crippen LogP contribution is 2.31. The van der Waals surface area contributed by atoms with Gasteiger partial charge in [0.15, 0.2) is 0 Å². The van der Waals surface area contributed by atoms with Crippen LogP contribution in [0.2, 0.25) is 0 Å². The monoisotopic (exact) mass is 821 g/mol. The first-order valence-corrected chi connectivity index (χ1v) is 22.4. The summed E-state index contributed by atoms with van der Waals surface area (Å²) in [6.45, 7) is 8.71. The van der Waals surface area contributed by atoms with E-state index in [2.05, 4.69) is 6.92 Å². The molecule has 5 atom stereocenters. The Hall–Kier alpha value is -5.70. The van der Waals surface area contributed by atoms with Gasteiger partial charge in [-0.1, -0.05) is 75.0 Å². The van der Waals surface area contributed by atoms with E-state index in [1.54, 1.807) is 37.3 Å². The van der Waals surface area contributed by atoms with Crippen LogP contribution in [0.3, 0.4) is 0 Å². The molecule has 3 aromatic rings. The summed E-state index contributed by atoms with van der Waals surface area (Å²) in [7, 11) is 0. The Morgan fingerprint density at radius 3 is 1.07 bits per heavy atom. The molecule has 2 aliphatic carbocycles. The zero-order valence-corrected chi connectivity index (χ0v) is 36.5. The van der Waals surface area contributed by atoms with Crippen molar-refractivity contribution in [1.29, 1.82) is 0 Å². The van der Waals surface area contributed by atoms with Gasteiger partial charge in [0, 0.05) is 83.3 Å². The largest absolute Gasteiger partial charge is 0.507 e. The highest BCUT2D eigenvalue weighted by molar-refractivity contribution is 5.95. The third kappa shape index (κ3) is 12.7. The summed E-state index contributed by atoms with van der Waals surface area (Å²) in [6.07, 6.45) is 34.4. The Kier molecular flexibility index (Phi) is 16.7. The van der Waals surface area contributed by atoms with E-state index in [4.69, 9.17) is 30.0 Å². The van der Waals surface area contributed by atoms with E-state index in [1.165, 1.54) is 0 Å². The molecule has 0 amide bonds. The molecule has 3 aliphatic rings. The second-order valence-corrected chi connectivity index (χ2v) is 16.6. The van der Waals surface area contributed by atoms with Crippen molar-refractivity contribution in [2.75, 3.05) is 6.54 Å². The minimum Gasteiger partial charge on any atom is -0.507 e. The fourth-order valence-corrected chi connectivity index (χ4v) is 8.42. The molecule has 0 radical (unpaired) electrons. The van der Waals surface area contributed by atoms with Gasteiger partial charge in [-0.2, -0.15) is 0 Å². The van der Waals surface area contributed by atoms with Gasteiger partial charge in [0.1, 0.15) is 17.2 Å². The summed E-state index contributed by atoms with van der Waals surface area (Å²) in [6, 6.07) is 11.6. The van der Waals surface area contributed by atoms with Gasteiger partial charge in [-0.3, -0.25) is 30.0 Å². The van der Waals surface area contributed by atoms with Crippen LogP contribution in [0.15, 0.2) is 84.6 Å². The topological polar surface area (TPSA) is 135 Å². The molecule has 2 saturated carbocycles. The van der Waals surface area contributed by atoms with Gasteiger partial charge in [0.05, 0.1) is 24.2 Å². The number of phenols is 3. The second kappa shape index (κ2) is 22.8. The second-order valence-electron chi connectivity index (χ2n) is 16.6. The summed E-state index contributed by atoms with van der Waals surface area (Å²) in [5.74, 6) is 0.466. The fraction of sp³-hybridized carbons (Fsp3) is 0.423. The minimum atomic E-state index is -0.0686. The molecule has 6 bridgehead atoms. The quantitative estimate of drug-likeness (QED) is 0.243. The number of aromatic hydroxyl groups is 3. The number of fused-ring (bicyclic) bond motifs is 8. The van der Waals surface area contributed by atoms with Crippen molar-refractivity contribution in [1.82, 2.24) is 0 Å². The van der Waals surface area contributed by atoms with Crippen LogP contribution in [0.25, 0.3) is 18.2 Å². The highest BCUT2D eigenvalue weighted by Gasteiger charge is 2.25. The zero-order chi connectivity index (χ0) is 43.0. The molecule has 3 N–H and O–H groups in total. The molecule has 3 aromatic carbocycles. The number of phenolic OH excluding ortho intramolecular Hbond substituents is 3. The van der Waals surface area contributed by atoms with Gasteiger partial charge in [-0.05, 0) is 119 Å². The lowest BCUT2D eigenvalue weighted by atomic mass is 9.91. The summed E-state index contributed by atoms with van der Waals surface area (Å²) in [5, 5.41) is 34.5. The van der Waals surface area contributed by atoms with Crippen LogP contribution in [0, 0.1) is 0 Å². The maximum absolute atomic E-state index is 11.6. The molecule has 1 aliphatic heterocycles. The van der Waals surface area contributed by atoms with Crippen molar-refractivity contribution in [2.24, 2.45) is 30.0 Å². The van der Waals surface area contributed by atoms with E-state index in [0.29, 0.717) is 39.9 Å². The molecule has 6 rings (SSSR count). The molecule has 0 spiro atoms. The predicted octanol–water partition coefficient (Wildman–Crippen LogP) is 11.4. The molecular formula is C52H64N6O3. The zero-order valence-electron chi connectivity index (χ0n) is 36.5. The van der Waals surface area contributed by atoms with Crippen LogP contribution in [-0.4, -0.2) is 89.4 Å². The van der Waals surface area contributed by atoms with Crippen molar-refractivity contribution in [3.63, 3.8) is 0 Å². The van der Waals surface area contributed by atoms with Crippen LogP contribution in [0.1, 0.15) is 155 Å². The van der Waals surface area contributed by atoms with Crippen molar-refractivity contribution in [3.05, 3.63) is 105 Å². The van der Waals surface area contributed by atoms with Crippen molar-refractivity contribution in [2.45, 2.75) is 135 Å². The number of rotatable bonds is 3. The Balaban J connectivity index is 1.37. The third-order valence-corrected chi connectivity index (χ3v) is 11.8. The third-order valence-electron chi connectivity index (χ3n) is 11.8. The summed E-state index contributed by atoms with van der Waals surface area (Å²) in [4.78, 5) is 29.7. The molecule has 0 aromatic heterocycles. The van der Waals surface area contributed by atoms with Gasteiger partial charge in [-0.15, -0.1) is 0 Å². The summed E-state index contributed by atoms with van der Waals surface area (Å²) < 4.78 is 0. The molecule has 9 heteroatoms. The Labute approximate surface area is 363 Å². The number of benzene rings is 3. The fourth-order valence-electron chi connectivity index (χ4n) is 8.42. The van der Waals surface area contributed by atoms with E-state index in [0.717, 1.165) is 93.7 Å². The van der Waals surface area contributed by atoms with Crippen molar-refractivity contribution < 1.29 is 15.3 Å². The van der Waals surface area contributed by atoms with E-state index < -0.39 is 0 Å². The van der Waals surface area contributed by atoms with E-state index in [1.807, 2.05) is 93.6 Å². The molecule has 61 heavy (non-hydrogen) atoms. The first kappa shape index (κ1) is 44.8. The molecule has 1 heterocycles. The lowest BCUT2D eigenvalue weighted by Crippen LogP contribution is -2.27. The Morgan fingerprint density at radius 2 is 0.721 bits per heavy atom. The van der Waals surface area contributed by atoms with Crippen LogP contribution in [-0.2, 0) is 0 Å². The Bertz CT molecular complexity index is 2230. The average Bonchev–Trinajstić information content (AvgIpc) is 3.26. The normalized spacial score (nSPS) is 26.5. The van der Waals surface area contributed by atoms with Crippen LogP contribution >= 0.6 is 0 Å². The number of hydrogen-bond donors (Lipinski definition) is 3. The summed E-state index contributed by atoms with van der Waals surface area (Å²) >= 11 is 0. The van der Waals surface area contributed by atoms with Crippen LogP contribution < -0.4 is 0 Å². The lowest BCUT2D eigenvalue weighted by molar-refractivity contribution is 0.389. The van der Waals surface area contributed by atoms with Crippen molar-refractivity contribution >= 4 is 55.5 Å². The molecule has 0 saturated heterocycles. The molecule has 9 nitrogen and oxygen atoms in total. The predicted molar refractivity (Wildman–Crippen MR) is 259 cm³/mol. The first-order chi connectivity index (χ1) is 29.8. The molecule has 2 fully saturated rings. The van der Waals surface area contributed by atoms with E-state index >= 15 is 0 Å². The smallest absolute Gasteiger partial charge is 0.133 e. The standard InChI is InChI=1S/C52H64N6O3/c1-5-15-37-24-40-30-53-23-14-8-9-18-36(4)54-31-41-25-38(16-6-2)27-43(51(41)60)33-56-48-21-12-13-22-49(48)58-35-45-29-39(17-7-3)28-44(52(45)61)34-57-47-20-11-10-19-46(47)55-32-42(26-37)50(40)59/h5-7,15-17,24-36,46-49,59-61H,8-14,18-23H2,1-4H3/b15-5+,16-6+,17-7+,53-30+,54-31+,55-32+,56-33+,57-34+,58-35+. The maximum Gasteiger partial charge on any atom is 0.133 e.